The Morgan fingerprint density at radius 2 is 2.26 bits per heavy atom. The summed E-state index contributed by atoms with van der Waals surface area (Å²) in [6, 6.07) is 2.32. The minimum absolute atomic E-state index is 0.232. The zero-order valence-electron chi connectivity index (χ0n) is 11.5. The van der Waals surface area contributed by atoms with E-state index < -0.39 is 0 Å². The zero-order valence-corrected chi connectivity index (χ0v) is 11.5. The van der Waals surface area contributed by atoms with Crippen LogP contribution in [0.25, 0.3) is 0 Å². The largest absolute Gasteiger partial charge is 0.353 e. The molecule has 2 heterocycles. The second kappa shape index (κ2) is 5.21. The monoisotopic (exact) mass is 258 g/mol. The van der Waals surface area contributed by atoms with Crippen molar-refractivity contribution in [2.45, 2.75) is 44.7 Å². The Balaban J connectivity index is 1.72. The van der Waals surface area contributed by atoms with Gasteiger partial charge in [-0.3, -0.25) is 4.68 Å². The molecule has 0 radical (unpaired) electrons. The van der Waals surface area contributed by atoms with E-state index in [1.165, 1.54) is 36.1 Å². The van der Waals surface area contributed by atoms with Crippen LogP contribution >= 0.6 is 0 Å². The van der Waals surface area contributed by atoms with Gasteiger partial charge in [-0.05, 0) is 36.5 Å². The number of nitrogens with two attached hydrogens (primary N) is 1. The number of aromatic nitrogens is 3. The molecule has 102 valence electrons. The lowest BCUT2D eigenvalue weighted by Crippen LogP contribution is -2.09. The van der Waals surface area contributed by atoms with E-state index in [0.717, 1.165) is 19.4 Å². The molecule has 0 saturated carbocycles. The number of fused-ring (bicyclic) bond motifs is 1. The molecule has 2 N–H and O–H groups in total. The lowest BCUT2D eigenvalue weighted by atomic mass is 10.1. The van der Waals surface area contributed by atoms with Crippen LogP contribution in [0.4, 0.5) is 0 Å². The fourth-order valence-corrected chi connectivity index (χ4v) is 2.97. The minimum atomic E-state index is 0.232. The predicted molar refractivity (Wildman–Crippen MR) is 75.8 cm³/mol. The zero-order chi connectivity index (χ0) is 13.2. The summed E-state index contributed by atoms with van der Waals surface area (Å²) in [5, 5.41) is 4.21. The van der Waals surface area contributed by atoms with E-state index in [0.29, 0.717) is 0 Å². The van der Waals surface area contributed by atoms with Crippen LogP contribution < -0.4 is 5.73 Å². The maximum absolute atomic E-state index is 6.25. The second-order valence-electron chi connectivity index (χ2n) is 5.53. The number of hydrogen-bond donors (Lipinski definition) is 1. The lowest BCUT2D eigenvalue weighted by molar-refractivity contribution is 0.601. The quantitative estimate of drug-likeness (QED) is 0.858. The van der Waals surface area contributed by atoms with Gasteiger partial charge in [0.05, 0.1) is 0 Å². The third kappa shape index (κ3) is 2.59. The Morgan fingerprint density at radius 3 is 3.05 bits per heavy atom. The van der Waals surface area contributed by atoms with Crippen molar-refractivity contribution in [3.8, 4) is 0 Å². The van der Waals surface area contributed by atoms with Gasteiger partial charge in [0, 0.05) is 50.3 Å². The van der Waals surface area contributed by atoms with Gasteiger partial charge in [-0.15, -0.1) is 0 Å². The first kappa shape index (κ1) is 12.5. The van der Waals surface area contributed by atoms with E-state index in [9.17, 15) is 0 Å². The van der Waals surface area contributed by atoms with Gasteiger partial charge < -0.3 is 10.3 Å². The molecule has 0 amide bonds. The Hall–Kier alpha value is -1.55. The highest BCUT2D eigenvalue weighted by atomic mass is 15.3. The summed E-state index contributed by atoms with van der Waals surface area (Å²) in [5.41, 5.74) is 10.3. The highest BCUT2D eigenvalue weighted by Crippen LogP contribution is 2.27. The van der Waals surface area contributed by atoms with Crippen LogP contribution in [0.15, 0.2) is 24.7 Å². The Bertz CT molecular complexity index is 552. The molecule has 3 rings (SSSR count). The van der Waals surface area contributed by atoms with Crippen molar-refractivity contribution in [3.05, 3.63) is 41.5 Å². The summed E-state index contributed by atoms with van der Waals surface area (Å²) in [7, 11) is 2.00. The van der Waals surface area contributed by atoms with Crippen LogP contribution in [-0.4, -0.2) is 14.3 Å². The summed E-state index contributed by atoms with van der Waals surface area (Å²) in [6.45, 7) is 0.999. The van der Waals surface area contributed by atoms with E-state index >= 15 is 0 Å². The van der Waals surface area contributed by atoms with E-state index in [4.69, 9.17) is 5.73 Å². The summed E-state index contributed by atoms with van der Waals surface area (Å²) >= 11 is 0. The maximum Gasteiger partial charge on any atom is 0.0492 e. The molecule has 1 atom stereocenters. The van der Waals surface area contributed by atoms with Crippen molar-refractivity contribution in [1.29, 1.82) is 0 Å². The minimum Gasteiger partial charge on any atom is -0.353 e. The molecule has 0 bridgehead atoms. The summed E-state index contributed by atoms with van der Waals surface area (Å²) in [6.07, 6.45) is 12.2. The first-order valence-corrected chi connectivity index (χ1v) is 7.15. The van der Waals surface area contributed by atoms with Crippen molar-refractivity contribution in [1.82, 2.24) is 14.3 Å². The van der Waals surface area contributed by atoms with Crippen molar-refractivity contribution in [3.63, 3.8) is 0 Å². The molecule has 2 aromatic heterocycles. The average Bonchev–Trinajstić information content (AvgIpc) is 2.95. The Kier molecular flexibility index (Phi) is 3.42. The van der Waals surface area contributed by atoms with Crippen LogP contribution in [0.1, 0.15) is 42.1 Å². The molecule has 0 aliphatic heterocycles. The van der Waals surface area contributed by atoms with Crippen molar-refractivity contribution in [2.75, 3.05) is 0 Å². The van der Waals surface area contributed by atoms with E-state index in [-0.39, 0.29) is 6.04 Å². The third-order valence-corrected chi connectivity index (χ3v) is 4.16. The van der Waals surface area contributed by atoms with Gasteiger partial charge in [0.2, 0.25) is 0 Å². The van der Waals surface area contributed by atoms with E-state index in [1.807, 2.05) is 17.9 Å². The topological polar surface area (TPSA) is 48.8 Å². The smallest absolute Gasteiger partial charge is 0.0492 e. The highest BCUT2D eigenvalue weighted by molar-refractivity contribution is 5.28. The number of rotatable bonds is 3. The fraction of sp³-hybridized carbons (Fsp3) is 0.533. The van der Waals surface area contributed by atoms with Gasteiger partial charge >= 0.3 is 0 Å². The third-order valence-electron chi connectivity index (χ3n) is 4.16. The van der Waals surface area contributed by atoms with Crippen LogP contribution in [0.2, 0.25) is 0 Å². The van der Waals surface area contributed by atoms with Crippen molar-refractivity contribution >= 4 is 0 Å². The molecule has 4 heteroatoms. The van der Waals surface area contributed by atoms with Gasteiger partial charge in [-0.1, -0.05) is 6.42 Å². The Labute approximate surface area is 114 Å². The molecular formula is C15H22N4. The SMILES string of the molecule is Cn1nccc1CCn1cc2c(c1)C(N)CCCC2. The molecule has 1 aliphatic rings. The molecule has 2 aromatic rings. The van der Waals surface area contributed by atoms with Crippen LogP contribution in [0, 0.1) is 0 Å². The molecule has 0 fully saturated rings. The first-order chi connectivity index (χ1) is 9.24. The standard InChI is InChI=1S/C15H22N4/c1-18-13(6-8-17-18)7-9-19-10-12-4-2-3-5-15(16)14(12)11-19/h6,8,10-11,15H,2-5,7,9,16H2,1H3. The van der Waals surface area contributed by atoms with Gasteiger partial charge in [0.15, 0.2) is 0 Å². The second-order valence-corrected chi connectivity index (χ2v) is 5.53. The van der Waals surface area contributed by atoms with Crippen molar-refractivity contribution in [2.24, 2.45) is 12.8 Å². The Morgan fingerprint density at radius 1 is 1.37 bits per heavy atom. The van der Waals surface area contributed by atoms with E-state index in [2.05, 4.69) is 28.1 Å². The van der Waals surface area contributed by atoms with Gasteiger partial charge in [0.25, 0.3) is 0 Å². The molecule has 0 saturated heterocycles. The number of aryl methyl sites for hydroxylation is 4. The van der Waals surface area contributed by atoms with Crippen molar-refractivity contribution < 1.29 is 0 Å². The lowest BCUT2D eigenvalue weighted by Gasteiger charge is -2.07. The highest BCUT2D eigenvalue weighted by Gasteiger charge is 2.17. The van der Waals surface area contributed by atoms with Crippen LogP contribution in [0.3, 0.4) is 0 Å². The number of nitrogens with zero attached hydrogens (tertiary/aromatic N) is 3. The summed E-state index contributed by atoms with van der Waals surface area (Å²) in [4.78, 5) is 0. The van der Waals surface area contributed by atoms with Crippen LogP contribution in [-0.2, 0) is 26.4 Å². The first-order valence-electron chi connectivity index (χ1n) is 7.15. The molecule has 19 heavy (non-hydrogen) atoms. The molecule has 1 aliphatic carbocycles. The normalized spacial score (nSPS) is 19.2. The molecular weight excluding hydrogens is 236 g/mol. The van der Waals surface area contributed by atoms with Gasteiger partial charge in [0.1, 0.15) is 0 Å². The molecule has 0 aromatic carbocycles. The number of hydrogen-bond acceptors (Lipinski definition) is 2. The maximum atomic E-state index is 6.25. The van der Waals surface area contributed by atoms with Gasteiger partial charge in [-0.25, -0.2) is 0 Å². The summed E-state index contributed by atoms with van der Waals surface area (Å²) in [5.74, 6) is 0. The summed E-state index contributed by atoms with van der Waals surface area (Å²) < 4.78 is 4.24. The predicted octanol–water partition coefficient (Wildman–Crippen LogP) is 2.19. The molecule has 4 nitrogen and oxygen atoms in total. The van der Waals surface area contributed by atoms with Gasteiger partial charge in [-0.2, -0.15) is 5.10 Å². The van der Waals surface area contributed by atoms with E-state index in [1.54, 1.807) is 0 Å². The fourth-order valence-electron chi connectivity index (χ4n) is 2.97. The molecule has 1 unspecified atom stereocenters. The van der Waals surface area contributed by atoms with Crippen LogP contribution in [0.5, 0.6) is 0 Å². The molecule has 0 spiro atoms. The average molecular weight is 258 g/mol.